The minimum Gasteiger partial charge on any atom is -0.355 e. The molecule has 2 nitrogen and oxygen atoms in total. The summed E-state index contributed by atoms with van der Waals surface area (Å²) in [7, 11) is 0. The van der Waals surface area contributed by atoms with Crippen LogP contribution < -0.4 is 5.32 Å². The molecule has 2 rings (SSSR count). The summed E-state index contributed by atoms with van der Waals surface area (Å²) in [6.07, 6.45) is 9.95. The lowest BCUT2D eigenvalue weighted by molar-refractivity contribution is -0.125. The van der Waals surface area contributed by atoms with E-state index in [1.165, 1.54) is 38.5 Å². The zero-order valence-corrected chi connectivity index (χ0v) is 11.5. The minimum atomic E-state index is 0.293. The van der Waals surface area contributed by atoms with Crippen LogP contribution in [-0.2, 0) is 4.79 Å². The minimum absolute atomic E-state index is 0.293. The predicted octanol–water partition coefficient (Wildman–Crippen LogP) is 3.25. The number of amides is 1. The van der Waals surface area contributed by atoms with Crippen LogP contribution in [0.2, 0.25) is 0 Å². The highest BCUT2D eigenvalue weighted by Gasteiger charge is 2.30. The Bertz CT molecular complexity index is 232. The first kappa shape index (κ1) is 12.4. The predicted molar refractivity (Wildman–Crippen MR) is 69.6 cm³/mol. The zero-order chi connectivity index (χ0) is 11.4. The highest BCUT2D eigenvalue weighted by molar-refractivity contribution is 9.09. The topological polar surface area (TPSA) is 29.1 Å². The van der Waals surface area contributed by atoms with Gasteiger partial charge in [-0.2, -0.15) is 0 Å². The first-order valence-electron chi connectivity index (χ1n) is 6.69. The van der Waals surface area contributed by atoms with E-state index in [9.17, 15) is 4.79 Å². The van der Waals surface area contributed by atoms with Gasteiger partial charge in [-0.1, -0.05) is 41.6 Å². The molecule has 0 aromatic rings. The second-order valence-electron chi connectivity index (χ2n) is 5.29. The van der Waals surface area contributed by atoms with Crippen molar-refractivity contribution in [2.75, 3.05) is 6.54 Å². The molecule has 0 heterocycles. The molecule has 0 aliphatic heterocycles. The second kappa shape index (κ2) is 6.04. The van der Waals surface area contributed by atoms with Crippen LogP contribution in [-0.4, -0.2) is 17.3 Å². The molecule has 16 heavy (non-hydrogen) atoms. The van der Waals surface area contributed by atoms with Gasteiger partial charge in [0.05, 0.1) is 0 Å². The molecule has 0 bridgehead atoms. The zero-order valence-electron chi connectivity index (χ0n) is 9.88. The van der Waals surface area contributed by atoms with Crippen molar-refractivity contribution >= 4 is 21.8 Å². The van der Waals surface area contributed by atoms with Crippen molar-refractivity contribution in [1.29, 1.82) is 0 Å². The maximum Gasteiger partial charge on any atom is 0.223 e. The summed E-state index contributed by atoms with van der Waals surface area (Å²) in [5.74, 6) is 1.41. The van der Waals surface area contributed by atoms with Gasteiger partial charge in [0.25, 0.3) is 0 Å². The van der Waals surface area contributed by atoms with Gasteiger partial charge in [-0.15, -0.1) is 0 Å². The number of carbonyl (C=O) groups is 1. The molecule has 2 aliphatic carbocycles. The Hall–Kier alpha value is -0.0500. The maximum absolute atomic E-state index is 12.0. The van der Waals surface area contributed by atoms with Crippen molar-refractivity contribution in [2.24, 2.45) is 11.8 Å². The number of nitrogens with one attached hydrogen (secondary N) is 1. The first-order chi connectivity index (χ1) is 7.77. The molecular weight excluding hydrogens is 266 g/mol. The summed E-state index contributed by atoms with van der Waals surface area (Å²) < 4.78 is 0. The molecule has 2 aliphatic rings. The van der Waals surface area contributed by atoms with Crippen LogP contribution in [0.3, 0.4) is 0 Å². The molecule has 0 aromatic carbocycles. The van der Waals surface area contributed by atoms with Gasteiger partial charge in [0, 0.05) is 17.3 Å². The standard InChI is InChI=1S/C13H22BrNO/c14-12(10-7-8-10)9-15-13(16)11-5-3-1-2-4-6-11/h10-12H,1-9H2,(H,15,16). The van der Waals surface area contributed by atoms with Gasteiger partial charge >= 0.3 is 0 Å². The average molecular weight is 288 g/mol. The van der Waals surface area contributed by atoms with Gasteiger partial charge in [0.15, 0.2) is 0 Å². The number of halogens is 1. The molecule has 1 unspecified atom stereocenters. The van der Waals surface area contributed by atoms with Gasteiger partial charge in [0.2, 0.25) is 5.91 Å². The third-order valence-electron chi connectivity index (χ3n) is 3.83. The summed E-state index contributed by atoms with van der Waals surface area (Å²) in [5, 5.41) is 3.12. The van der Waals surface area contributed by atoms with Crippen molar-refractivity contribution in [3.05, 3.63) is 0 Å². The number of alkyl halides is 1. The molecule has 2 fully saturated rings. The average Bonchev–Trinajstić information content (AvgIpc) is 3.09. The van der Waals surface area contributed by atoms with Crippen LogP contribution in [0.15, 0.2) is 0 Å². The fourth-order valence-corrected chi connectivity index (χ4v) is 3.20. The summed E-state index contributed by atoms with van der Waals surface area (Å²) in [5.41, 5.74) is 0. The van der Waals surface area contributed by atoms with E-state index in [-0.39, 0.29) is 0 Å². The Morgan fingerprint density at radius 2 is 1.75 bits per heavy atom. The summed E-state index contributed by atoms with van der Waals surface area (Å²) in [6, 6.07) is 0. The van der Waals surface area contributed by atoms with E-state index in [0.29, 0.717) is 16.7 Å². The Morgan fingerprint density at radius 3 is 2.31 bits per heavy atom. The molecule has 1 N–H and O–H groups in total. The lowest BCUT2D eigenvalue weighted by atomic mass is 9.99. The van der Waals surface area contributed by atoms with E-state index in [0.717, 1.165) is 25.3 Å². The molecule has 92 valence electrons. The highest BCUT2D eigenvalue weighted by Crippen LogP contribution is 2.36. The van der Waals surface area contributed by atoms with E-state index in [4.69, 9.17) is 0 Å². The van der Waals surface area contributed by atoms with Gasteiger partial charge in [0.1, 0.15) is 0 Å². The van der Waals surface area contributed by atoms with Crippen LogP contribution in [0, 0.1) is 11.8 Å². The SMILES string of the molecule is O=C(NCC(Br)C1CC1)C1CCCCCC1. The fourth-order valence-electron chi connectivity index (χ4n) is 2.51. The van der Waals surface area contributed by atoms with Crippen LogP contribution in [0.5, 0.6) is 0 Å². The highest BCUT2D eigenvalue weighted by atomic mass is 79.9. The number of rotatable bonds is 4. The molecule has 1 atom stereocenters. The Kier molecular flexibility index (Phi) is 4.68. The quantitative estimate of drug-likeness (QED) is 0.624. The van der Waals surface area contributed by atoms with Gasteiger partial charge in [-0.25, -0.2) is 0 Å². The van der Waals surface area contributed by atoms with Crippen LogP contribution in [0.4, 0.5) is 0 Å². The van der Waals surface area contributed by atoms with E-state index < -0.39 is 0 Å². The van der Waals surface area contributed by atoms with Gasteiger partial charge in [-0.3, -0.25) is 4.79 Å². The number of carbonyl (C=O) groups excluding carboxylic acids is 1. The second-order valence-corrected chi connectivity index (χ2v) is 6.46. The van der Waals surface area contributed by atoms with Crippen molar-refractivity contribution in [2.45, 2.75) is 56.2 Å². The molecule has 0 aromatic heterocycles. The number of hydrogen-bond donors (Lipinski definition) is 1. The molecule has 0 radical (unpaired) electrons. The normalized spacial score (nSPS) is 24.8. The van der Waals surface area contributed by atoms with E-state index in [2.05, 4.69) is 21.2 Å². The molecule has 1 amide bonds. The van der Waals surface area contributed by atoms with Crippen molar-refractivity contribution in [1.82, 2.24) is 5.32 Å². The lowest BCUT2D eigenvalue weighted by Gasteiger charge is -2.16. The molecule has 3 heteroatoms. The van der Waals surface area contributed by atoms with Crippen LogP contribution in [0.25, 0.3) is 0 Å². The molecular formula is C13H22BrNO. The van der Waals surface area contributed by atoms with Crippen molar-refractivity contribution in [3.63, 3.8) is 0 Å². The summed E-state index contributed by atoms with van der Waals surface area (Å²) >= 11 is 3.66. The molecule has 0 spiro atoms. The maximum atomic E-state index is 12.0. The summed E-state index contributed by atoms with van der Waals surface area (Å²) in [6.45, 7) is 0.819. The van der Waals surface area contributed by atoms with Crippen molar-refractivity contribution < 1.29 is 4.79 Å². The van der Waals surface area contributed by atoms with Crippen LogP contribution >= 0.6 is 15.9 Å². The Labute approximate surface area is 107 Å². The van der Waals surface area contributed by atoms with Gasteiger partial charge in [-0.05, 0) is 31.6 Å². The molecule has 0 saturated heterocycles. The fraction of sp³-hybridized carbons (Fsp3) is 0.923. The monoisotopic (exact) mass is 287 g/mol. The van der Waals surface area contributed by atoms with E-state index >= 15 is 0 Å². The van der Waals surface area contributed by atoms with E-state index in [1.807, 2.05) is 0 Å². The first-order valence-corrected chi connectivity index (χ1v) is 7.60. The van der Waals surface area contributed by atoms with E-state index in [1.54, 1.807) is 0 Å². The lowest BCUT2D eigenvalue weighted by Crippen LogP contribution is -2.35. The number of hydrogen-bond acceptors (Lipinski definition) is 1. The largest absolute Gasteiger partial charge is 0.355 e. The Morgan fingerprint density at radius 1 is 1.12 bits per heavy atom. The van der Waals surface area contributed by atoms with Gasteiger partial charge < -0.3 is 5.32 Å². The summed E-state index contributed by atoms with van der Waals surface area (Å²) in [4.78, 5) is 12.5. The smallest absolute Gasteiger partial charge is 0.223 e. The third-order valence-corrected chi connectivity index (χ3v) is 4.90. The van der Waals surface area contributed by atoms with Crippen LogP contribution in [0.1, 0.15) is 51.4 Å². The molecule has 2 saturated carbocycles. The van der Waals surface area contributed by atoms with Crippen molar-refractivity contribution in [3.8, 4) is 0 Å². The Balaban J connectivity index is 1.68. The third kappa shape index (κ3) is 3.76.